The average Bonchev–Trinajstić information content (AvgIpc) is 3.41. The minimum Gasteiger partial charge on any atom is -0.508 e. The Morgan fingerprint density at radius 1 is 1.00 bits per heavy atom. The Hall–Kier alpha value is -3.84. The SMILES string of the molecule is Oc1cc(-c2ncc3c(N4CC5CCC(C4)N5)nc(OCC4C5CCC(C5)N4CC4CC4(F)F)nc3c2F)c2c(F)c(F)ccc2c1. The van der Waals surface area contributed by atoms with Gasteiger partial charge < -0.3 is 20.1 Å². The molecule has 5 fully saturated rings. The van der Waals surface area contributed by atoms with Gasteiger partial charge in [-0.25, -0.2) is 22.0 Å². The molecule has 3 saturated heterocycles. The molecule has 3 aliphatic heterocycles. The van der Waals surface area contributed by atoms with Gasteiger partial charge in [-0.3, -0.25) is 9.88 Å². The number of phenols is 1. The fourth-order valence-electron chi connectivity index (χ4n) is 8.63. The maximum absolute atomic E-state index is 16.7. The zero-order valence-corrected chi connectivity index (χ0v) is 25.4. The fourth-order valence-corrected chi connectivity index (χ4v) is 8.63. The summed E-state index contributed by atoms with van der Waals surface area (Å²) in [6, 6.07) is 5.32. The van der Waals surface area contributed by atoms with Gasteiger partial charge in [0.1, 0.15) is 29.4 Å². The van der Waals surface area contributed by atoms with Gasteiger partial charge in [0, 0.05) is 73.3 Å². The Bertz CT molecular complexity index is 1920. The van der Waals surface area contributed by atoms with Gasteiger partial charge in [-0.05, 0) is 61.6 Å². The van der Waals surface area contributed by atoms with Crippen molar-refractivity contribution < 1.29 is 31.8 Å². The zero-order chi connectivity index (χ0) is 32.2. The second kappa shape index (κ2) is 10.6. The Morgan fingerprint density at radius 3 is 2.55 bits per heavy atom. The number of nitrogens with one attached hydrogen (secondary N) is 1. The molecule has 2 saturated carbocycles. The van der Waals surface area contributed by atoms with Crippen molar-refractivity contribution >= 4 is 27.5 Å². The molecule has 5 aliphatic rings. The predicted octanol–water partition coefficient (Wildman–Crippen LogP) is 5.80. The number of piperazine rings is 1. The van der Waals surface area contributed by atoms with Crippen molar-refractivity contribution in [2.75, 3.05) is 31.1 Å². The number of hydrogen-bond acceptors (Lipinski definition) is 8. The summed E-state index contributed by atoms with van der Waals surface area (Å²) in [5.41, 5.74) is -0.520. The van der Waals surface area contributed by atoms with E-state index >= 15 is 8.78 Å². The number of anilines is 1. The van der Waals surface area contributed by atoms with Crippen molar-refractivity contribution in [2.45, 2.75) is 68.6 Å². The molecule has 13 heteroatoms. The standard InChI is InChI=1S/C34H33F5N6O2/c35-25-6-2-17-8-22(46)9-23(27(17)28(25)36)30-29(37)31-24(11-40-30)32(44-13-19-3-4-20(14-44)41-19)43-33(42-31)47-15-26-16-1-5-21(7-16)45(26)12-18-10-34(18,38)39/h2,6,8-9,11,16,18-21,26,41,46H,1,3-5,7,10,12-15H2. The second-order valence-corrected chi connectivity index (χ2v) is 14.0. The number of likely N-dealkylation sites (tertiary alicyclic amines) is 1. The van der Waals surface area contributed by atoms with E-state index in [1.807, 2.05) is 0 Å². The molecule has 9 rings (SSSR count). The lowest BCUT2D eigenvalue weighted by Gasteiger charge is -2.35. The van der Waals surface area contributed by atoms with E-state index in [9.17, 15) is 18.3 Å². The molecule has 0 radical (unpaired) electrons. The molecular formula is C34H33F5N6O2. The first-order valence-electron chi connectivity index (χ1n) is 16.4. The number of phenolic OH excluding ortho intramolecular Hbond substituents is 1. The predicted molar refractivity (Wildman–Crippen MR) is 164 cm³/mol. The number of rotatable bonds is 7. The van der Waals surface area contributed by atoms with Crippen LogP contribution in [0.15, 0.2) is 30.5 Å². The summed E-state index contributed by atoms with van der Waals surface area (Å²) in [5.74, 6) is -5.90. The molecule has 6 unspecified atom stereocenters. The van der Waals surface area contributed by atoms with E-state index in [1.54, 1.807) is 0 Å². The second-order valence-electron chi connectivity index (χ2n) is 14.0. The van der Waals surface area contributed by atoms with E-state index < -0.39 is 29.3 Å². The number of hydrogen-bond donors (Lipinski definition) is 2. The van der Waals surface area contributed by atoms with Gasteiger partial charge in [-0.1, -0.05) is 6.07 Å². The highest BCUT2D eigenvalue weighted by Gasteiger charge is 2.59. The van der Waals surface area contributed by atoms with Gasteiger partial charge in [-0.2, -0.15) is 9.97 Å². The minimum absolute atomic E-state index is 0.0492. The Balaban J connectivity index is 1.12. The van der Waals surface area contributed by atoms with Gasteiger partial charge in [0.05, 0.1) is 5.39 Å². The summed E-state index contributed by atoms with van der Waals surface area (Å²) in [4.78, 5) is 17.9. The first-order chi connectivity index (χ1) is 22.6. The third-order valence-corrected chi connectivity index (χ3v) is 11.1. The Kier molecular flexibility index (Phi) is 6.60. The molecule has 8 nitrogen and oxygen atoms in total. The number of fused-ring (bicyclic) bond motifs is 6. The lowest BCUT2D eigenvalue weighted by atomic mass is 9.99. The Morgan fingerprint density at radius 2 is 1.79 bits per heavy atom. The van der Waals surface area contributed by atoms with Gasteiger partial charge in [-0.15, -0.1) is 0 Å². The number of alkyl halides is 2. The first kappa shape index (κ1) is 29.3. The van der Waals surface area contributed by atoms with Crippen molar-refractivity contribution in [1.29, 1.82) is 0 Å². The molecule has 2 N–H and O–H groups in total. The van der Waals surface area contributed by atoms with Crippen molar-refractivity contribution in [1.82, 2.24) is 25.2 Å². The van der Waals surface area contributed by atoms with Crippen LogP contribution in [0.2, 0.25) is 0 Å². The molecule has 2 aromatic heterocycles. The smallest absolute Gasteiger partial charge is 0.319 e. The van der Waals surface area contributed by atoms with Crippen LogP contribution in [0, 0.1) is 29.3 Å². The molecular weight excluding hydrogens is 619 g/mol. The van der Waals surface area contributed by atoms with E-state index in [1.165, 1.54) is 18.3 Å². The van der Waals surface area contributed by atoms with Crippen LogP contribution in [0.4, 0.5) is 27.8 Å². The van der Waals surface area contributed by atoms with Crippen LogP contribution in [0.1, 0.15) is 38.5 Å². The van der Waals surface area contributed by atoms with Crippen molar-refractivity contribution in [3.05, 3.63) is 47.9 Å². The van der Waals surface area contributed by atoms with E-state index in [2.05, 4.69) is 25.1 Å². The number of aromatic hydroxyl groups is 1. The van der Waals surface area contributed by atoms with E-state index in [-0.39, 0.29) is 76.5 Å². The molecule has 6 atom stereocenters. The topological polar surface area (TPSA) is 86.6 Å². The van der Waals surface area contributed by atoms with Crippen LogP contribution in [-0.4, -0.2) is 81.3 Å². The van der Waals surface area contributed by atoms with E-state index in [0.717, 1.165) is 44.2 Å². The molecule has 2 aromatic carbocycles. The number of aromatic nitrogens is 3. The van der Waals surface area contributed by atoms with Crippen LogP contribution in [0.25, 0.3) is 32.9 Å². The number of ether oxygens (including phenoxy) is 1. The summed E-state index contributed by atoms with van der Waals surface area (Å²) >= 11 is 0. The molecule has 47 heavy (non-hydrogen) atoms. The van der Waals surface area contributed by atoms with Crippen LogP contribution in [-0.2, 0) is 0 Å². The quantitative estimate of drug-likeness (QED) is 0.243. The first-order valence-corrected chi connectivity index (χ1v) is 16.4. The molecule has 5 heterocycles. The van der Waals surface area contributed by atoms with E-state index in [0.29, 0.717) is 36.8 Å². The number of piperidine rings is 1. The molecule has 4 aromatic rings. The zero-order valence-electron chi connectivity index (χ0n) is 25.4. The molecule has 0 amide bonds. The maximum atomic E-state index is 16.7. The van der Waals surface area contributed by atoms with Crippen LogP contribution in [0.5, 0.6) is 11.8 Å². The largest absolute Gasteiger partial charge is 0.508 e. The van der Waals surface area contributed by atoms with Crippen LogP contribution in [0.3, 0.4) is 0 Å². The summed E-state index contributed by atoms with van der Waals surface area (Å²) in [7, 11) is 0. The van der Waals surface area contributed by atoms with Crippen molar-refractivity contribution in [3.8, 4) is 23.0 Å². The highest BCUT2D eigenvalue weighted by Crippen LogP contribution is 2.52. The molecule has 2 aliphatic carbocycles. The van der Waals surface area contributed by atoms with Gasteiger partial charge in [0.2, 0.25) is 0 Å². The number of halogens is 5. The lowest BCUT2D eigenvalue weighted by molar-refractivity contribution is 0.0527. The Labute approximate surface area is 266 Å². The summed E-state index contributed by atoms with van der Waals surface area (Å²) in [6.45, 7) is 1.79. The lowest BCUT2D eigenvalue weighted by Crippen LogP contribution is -2.51. The number of nitrogens with zero attached hydrogens (tertiary/aromatic N) is 5. The summed E-state index contributed by atoms with van der Waals surface area (Å²) in [6.07, 6.45) is 6.29. The van der Waals surface area contributed by atoms with Crippen LogP contribution < -0.4 is 15.0 Å². The van der Waals surface area contributed by atoms with Crippen molar-refractivity contribution in [3.63, 3.8) is 0 Å². The minimum atomic E-state index is -2.61. The van der Waals surface area contributed by atoms with Crippen molar-refractivity contribution in [2.24, 2.45) is 11.8 Å². The third kappa shape index (κ3) is 4.87. The molecule has 246 valence electrons. The van der Waals surface area contributed by atoms with E-state index in [4.69, 9.17) is 9.72 Å². The highest BCUT2D eigenvalue weighted by molar-refractivity contribution is 6.00. The van der Waals surface area contributed by atoms with Gasteiger partial charge in [0.25, 0.3) is 5.92 Å². The molecule has 4 bridgehead atoms. The molecule has 0 spiro atoms. The third-order valence-electron chi connectivity index (χ3n) is 11.1. The fraction of sp³-hybridized carbons (Fsp3) is 0.500. The highest BCUT2D eigenvalue weighted by atomic mass is 19.3. The number of benzene rings is 2. The normalized spacial score (nSPS) is 29.3. The summed E-state index contributed by atoms with van der Waals surface area (Å²) in [5, 5.41) is 14.3. The van der Waals surface area contributed by atoms with Gasteiger partial charge in [0.15, 0.2) is 17.5 Å². The summed E-state index contributed by atoms with van der Waals surface area (Å²) < 4.78 is 80.1. The van der Waals surface area contributed by atoms with Gasteiger partial charge >= 0.3 is 6.01 Å². The maximum Gasteiger partial charge on any atom is 0.319 e. The average molecular weight is 653 g/mol. The number of pyridine rings is 1. The van der Waals surface area contributed by atoms with Crippen LogP contribution >= 0.6 is 0 Å². The monoisotopic (exact) mass is 652 g/mol.